The van der Waals surface area contributed by atoms with Gasteiger partial charge in [-0.05, 0) is 23.8 Å². The molecule has 0 aliphatic heterocycles. The van der Waals surface area contributed by atoms with E-state index in [0.29, 0.717) is 5.13 Å². The maximum absolute atomic E-state index is 10.8. The number of thiazole rings is 1. The molecule has 1 aromatic carbocycles. The lowest BCUT2D eigenvalue weighted by Crippen LogP contribution is -2.18. The summed E-state index contributed by atoms with van der Waals surface area (Å²) in [5, 5.41) is 26.5. The van der Waals surface area contributed by atoms with Gasteiger partial charge in [0.25, 0.3) is 0 Å². The molecule has 0 aliphatic rings. The Hall–Kier alpha value is -2.45. The molecule has 2 aromatic heterocycles. The van der Waals surface area contributed by atoms with Crippen molar-refractivity contribution in [2.45, 2.75) is 12.5 Å². The lowest BCUT2D eigenvalue weighted by atomic mass is 10.1. The Morgan fingerprint density at radius 2 is 2.26 bits per heavy atom. The first kappa shape index (κ1) is 15.4. The van der Waals surface area contributed by atoms with Gasteiger partial charge in [-0.3, -0.25) is 9.48 Å². The number of carboxylic acids is 1. The van der Waals surface area contributed by atoms with Crippen LogP contribution in [0, 0.1) is 0 Å². The van der Waals surface area contributed by atoms with Crippen LogP contribution in [0.25, 0.3) is 10.2 Å². The lowest BCUT2D eigenvalue weighted by Gasteiger charge is -2.15. The summed E-state index contributed by atoms with van der Waals surface area (Å²) >= 11 is 1.43. The number of aliphatic hydroxyl groups is 1. The van der Waals surface area contributed by atoms with Crippen molar-refractivity contribution >= 4 is 32.7 Å². The molecular weight excluding hydrogens is 316 g/mol. The number of hydrogen-bond acceptors (Lipinski definition) is 6. The van der Waals surface area contributed by atoms with Crippen LogP contribution in [0.4, 0.5) is 5.13 Å². The first-order valence-corrected chi connectivity index (χ1v) is 7.85. The standard InChI is InChI=1S/C15H16N4O3S/c1-19-12(4-5-16-19)11(8-20)18-15-17-10-3-2-9(7-14(21)22)6-13(10)23-15/h2-6,11,20H,7-8H2,1H3,(H,17,18)(H,21,22). The van der Waals surface area contributed by atoms with E-state index in [0.717, 1.165) is 21.5 Å². The van der Waals surface area contributed by atoms with E-state index in [-0.39, 0.29) is 19.1 Å². The number of rotatable bonds is 6. The molecule has 3 rings (SSSR count). The van der Waals surface area contributed by atoms with Gasteiger partial charge in [0, 0.05) is 13.2 Å². The SMILES string of the molecule is Cn1nccc1C(CO)Nc1nc2ccc(CC(=O)O)cc2s1. The number of anilines is 1. The molecule has 7 nitrogen and oxygen atoms in total. The van der Waals surface area contributed by atoms with Crippen molar-refractivity contribution in [3.63, 3.8) is 0 Å². The van der Waals surface area contributed by atoms with Gasteiger partial charge in [0.1, 0.15) is 0 Å². The number of nitrogens with one attached hydrogen (secondary N) is 1. The molecule has 0 fully saturated rings. The molecule has 3 aromatic rings. The Balaban J connectivity index is 1.85. The number of aliphatic hydroxyl groups excluding tert-OH is 1. The number of fused-ring (bicyclic) bond motifs is 1. The zero-order valence-corrected chi connectivity index (χ0v) is 13.2. The van der Waals surface area contributed by atoms with Gasteiger partial charge < -0.3 is 15.5 Å². The van der Waals surface area contributed by atoms with Crippen LogP contribution in [-0.4, -0.2) is 37.6 Å². The van der Waals surface area contributed by atoms with Crippen molar-refractivity contribution in [2.75, 3.05) is 11.9 Å². The van der Waals surface area contributed by atoms with Crippen molar-refractivity contribution < 1.29 is 15.0 Å². The second kappa shape index (κ2) is 6.35. The Morgan fingerprint density at radius 3 is 2.91 bits per heavy atom. The third kappa shape index (κ3) is 3.33. The molecule has 0 radical (unpaired) electrons. The number of benzene rings is 1. The second-order valence-electron chi connectivity index (χ2n) is 5.15. The highest BCUT2D eigenvalue weighted by molar-refractivity contribution is 7.22. The molecule has 3 N–H and O–H groups in total. The molecule has 0 saturated heterocycles. The van der Waals surface area contributed by atoms with E-state index in [4.69, 9.17) is 5.11 Å². The number of hydrogen-bond donors (Lipinski definition) is 3. The molecule has 8 heteroatoms. The van der Waals surface area contributed by atoms with E-state index < -0.39 is 5.97 Å². The molecule has 1 unspecified atom stereocenters. The van der Waals surface area contributed by atoms with Gasteiger partial charge in [0.2, 0.25) is 0 Å². The van der Waals surface area contributed by atoms with Crippen LogP contribution >= 0.6 is 11.3 Å². The first-order chi connectivity index (χ1) is 11.1. The minimum absolute atomic E-state index is 0.00904. The molecule has 23 heavy (non-hydrogen) atoms. The van der Waals surface area contributed by atoms with Crippen LogP contribution < -0.4 is 5.32 Å². The molecule has 0 saturated carbocycles. The highest BCUT2D eigenvalue weighted by Gasteiger charge is 2.16. The zero-order valence-electron chi connectivity index (χ0n) is 12.4. The number of carbonyl (C=O) groups is 1. The minimum Gasteiger partial charge on any atom is -0.481 e. The van der Waals surface area contributed by atoms with E-state index in [9.17, 15) is 9.90 Å². The quantitative estimate of drug-likeness (QED) is 0.636. The Morgan fingerprint density at radius 1 is 1.43 bits per heavy atom. The lowest BCUT2D eigenvalue weighted by molar-refractivity contribution is -0.136. The average Bonchev–Trinajstić information content (AvgIpc) is 3.09. The predicted molar refractivity (Wildman–Crippen MR) is 87.6 cm³/mol. The zero-order chi connectivity index (χ0) is 16.4. The molecule has 0 bridgehead atoms. The smallest absolute Gasteiger partial charge is 0.307 e. The normalized spacial score (nSPS) is 12.4. The van der Waals surface area contributed by atoms with Gasteiger partial charge >= 0.3 is 5.97 Å². The molecular formula is C15H16N4O3S. The summed E-state index contributed by atoms with van der Waals surface area (Å²) in [5.41, 5.74) is 2.40. The van der Waals surface area contributed by atoms with E-state index in [1.165, 1.54) is 11.3 Å². The molecule has 0 spiro atoms. The van der Waals surface area contributed by atoms with Gasteiger partial charge in [-0.25, -0.2) is 4.98 Å². The van der Waals surface area contributed by atoms with Crippen molar-refractivity contribution in [3.8, 4) is 0 Å². The summed E-state index contributed by atoms with van der Waals surface area (Å²) in [7, 11) is 1.82. The van der Waals surface area contributed by atoms with E-state index >= 15 is 0 Å². The van der Waals surface area contributed by atoms with Crippen molar-refractivity contribution in [2.24, 2.45) is 7.05 Å². The minimum atomic E-state index is -0.858. The second-order valence-corrected chi connectivity index (χ2v) is 6.18. The maximum Gasteiger partial charge on any atom is 0.307 e. The van der Waals surface area contributed by atoms with Gasteiger partial charge in [-0.2, -0.15) is 5.10 Å². The summed E-state index contributed by atoms with van der Waals surface area (Å²) in [6, 6.07) is 6.95. The third-order valence-electron chi connectivity index (χ3n) is 3.50. The van der Waals surface area contributed by atoms with Gasteiger partial charge in [-0.1, -0.05) is 17.4 Å². The molecule has 2 heterocycles. The van der Waals surface area contributed by atoms with Gasteiger partial charge in [0.15, 0.2) is 5.13 Å². The first-order valence-electron chi connectivity index (χ1n) is 7.03. The molecule has 120 valence electrons. The van der Waals surface area contributed by atoms with Crippen molar-refractivity contribution in [3.05, 3.63) is 41.7 Å². The molecule has 0 amide bonds. The van der Waals surface area contributed by atoms with E-state index in [1.807, 2.05) is 25.2 Å². The summed E-state index contributed by atoms with van der Waals surface area (Å²) in [4.78, 5) is 15.3. The van der Waals surface area contributed by atoms with Gasteiger partial charge in [0.05, 0.1) is 35.0 Å². The summed E-state index contributed by atoms with van der Waals surface area (Å²) in [5.74, 6) is -0.858. The summed E-state index contributed by atoms with van der Waals surface area (Å²) < 4.78 is 2.61. The highest BCUT2D eigenvalue weighted by Crippen LogP contribution is 2.29. The Kier molecular flexibility index (Phi) is 4.26. The summed E-state index contributed by atoms with van der Waals surface area (Å²) in [6.45, 7) is -0.0836. The Labute approximate surface area is 136 Å². The van der Waals surface area contributed by atoms with E-state index in [2.05, 4.69) is 15.4 Å². The highest BCUT2D eigenvalue weighted by atomic mass is 32.1. The molecule has 0 aliphatic carbocycles. The fourth-order valence-electron chi connectivity index (χ4n) is 2.40. The van der Waals surface area contributed by atoms with E-state index in [1.54, 1.807) is 16.9 Å². The number of carboxylic acid groups (broad SMARTS) is 1. The topological polar surface area (TPSA) is 100 Å². The molecule has 1 atom stereocenters. The third-order valence-corrected chi connectivity index (χ3v) is 4.45. The van der Waals surface area contributed by atoms with Crippen LogP contribution in [0.5, 0.6) is 0 Å². The van der Waals surface area contributed by atoms with Crippen LogP contribution in [0.15, 0.2) is 30.5 Å². The average molecular weight is 332 g/mol. The number of aryl methyl sites for hydroxylation is 1. The number of aromatic nitrogens is 3. The monoisotopic (exact) mass is 332 g/mol. The van der Waals surface area contributed by atoms with Crippen LogP contribution in [-0.2, 0) is 18.3 Å². The summed E-state index contributed by atoms with van der Waals surface area (Å²) in [6.07, 6.45) is 1.67. The largest absolute Gasteiger partial charge is 0.481 e. The van der Waals surface area contributed by atoms with Crippen LogP contribution in [0.3, 0.4) is 0 Å². The van der Waals surface area contributed by atoms with Gasteiger partial charge in [-0.15, -0.1) is 0 Å². The number of nitrogens with zero attached hydrogens (tertiary/aromatic N) is 3. The fraction of sp³-hybridized carbons (Fsp3) is 0.267. The predicted octanol–water partition coefficient (Wildman–Crippen LogP) is 1.80. The fourth-order valence-corrected chi connectivity index (χ4v) is 3.39. The van der Waals surface area contributed by atoms with Crippen molar-refractivity contribution in [1.82, 2.24) is 14.8 Å². The van der Waals surface area contributed by atoms with Crippen molar-refractivity contribution in [1.29, 1.82) is 0 Å². The van der Waals surface area contributed by atoms with Crippen LogP contribution in [0.1, 0.15) is 17.3 Å². The van der Waals surface area contributed by atoms with Crippen LogP contribution in [0.2, 0.25) is 0 Å². The number of aliphatic carboxylic acids is 1. The maximum atomic E-state index is 10.8. The Bertz CT molecular complexity index is 842.